The molecule has 19 heavy (non-hydrogen) atoms. The molecule has 4 nitrogen and oxygen atoms in total. The van der Waals surface area contributed by atoms with Crippen molar-refractivity contribution in [1.29, 1.82) is 0 Å². The monoisotopic (exact) mass is 274 g/mol. The number of amides is 1. The first-order valence-electron chi connectivity index (χ1n) is 5.77. The third-order valence-corrected chi connectivity index (χ3v) is 3.66. The molecule has 0 unspecified atom stereocenters. The molecule has 1 aromatic carbocycles. The lowest BCUT2D eigenvalue weighted by Gasteiger charge is -2.01. The molecule has 2 rings (SSSR count). The highest BCUT2D eigenvalue weighted by atomic mass is 32.1. The van der Waals surface area contributed by atoms with Gasteiger partial charge in [0.1, 0.15) is 5.75 Å². The summed E-state index contributed by atoms with van der Waals surface area (Å²) in [5.74, 6) is -0.169. The van der Waals surface area contributed by atoms with Crippen molar-refractivity contribution in [3.63, 3.8) is 0 Å². The molecule has 0 radical (unpaired) electrons. The fraction of sp³-hybridized carbons (Fsp3) is 0.143. The average molecular weight is 274 g/mol. The Labute approximate surface area is 115 Å². The lowest BCUT2D eigenvalue weighted by atomic mass is 10.2. The van der Waals surface area contributed by atoms with E-state index in [0.717, 1.165) is 10.6 Å². The molecule has 1 aromatic heterocycles. The number of hydrazone groups is 1. The molecule has 1 amide bonds. The number of benzene rings is 1. The summed E-state index contributed by atoms with van der Waals surface area (Å²) in [5, 5.41) is 13.2. The van der Waals surface area contributed by atoms with Crippen LogP contribution in [0.2, 0.25) is 0 Å². The number of hydrogen-bond donors (Lipinski definition) is 2. The summed E-state index contributed by atoms with van der Waals surface area (Å²) in [6, 6.07) is 10.0. The van der Waals surface area contributed by atoms with Gasteiger partial charge in [-0.05, 0) is 50.2 Å². The van der Waals surface area contributed by atoms with Crippen molar-refractivity contribution in [3.05, 3.63) is 51.7 Å². The van der Waals surface area contributed by atoms with Crippen molar-refractivity contribution < 1.29 is 9.90 Å². The van der Waals surface area contributed by atoms with Gasteiger partial charge in [0.05, 0.1) is 10.6 Å². The summed E-state index contributed by atoms with van der Waals surface area (Å²) in [6.45, 7) is 3.87. The molecule has 5 heteroatoms. The number of aryl methyl sites for hydroxylation is 1. The maximum atomic E-state index is 11.8. The molecule has 0 aliphatic heterocycles. The van der Waals surface area contributed by atoms with Crippen molar-refractivity contribution in [2.45, 2.75) is 13.8 Å². The molecule has 0 saturated heterocycles. The lowest BCUT2D eigenvalue weighted by Crippen LogP contribution is -2.18. The second-order valence-electron chi connectivity index (χ2n) is 4.10. The van der Waals surface area contributed by atoms with Gasteiger partial charge in [0.2, 0.25) is 0 Å². The van der Waals surface area contributed by atoms with E-state index in [2.05, 4.69) is 10.5 Å². The van der Waals surface area contributed by atoms with E-state index in [1.807, 2.05) is 26.0 Å². The zero-order valence-electron chi connectivity index (χ0n) is 10.7. The maximum absolute atomic E-state index is 11.8. The van der Waals surface area contributed by atoms with E-state index in [0.29, 0.717) is 5.56 Å². The van der Waals surface area contributed by atoms with E-state index >= 15 is 0 Å². The second kappa shape index (κ2) is 5.67. The van der Waals surface area contributed by atoms with Crippen molar-refractivity contribution in [1.82, 2.24) is 5.43 Å². The Hall–Kier alpha value is -2.14. The molecule has 0 atom stereocenters. The first-order valence-corrected chi connectivity index (χ1v) is 6.58. The van der Waals surface area contributed by atoms with Crippen LogP contribution in [-0.4, -0.2) is 16.7 Å². The number of hydrogen-bond acceptors (Lipinski definition) is 4. The van der Waals surface area contributed by atoms with Crippen molar-refractivity contribution >= 4 is 23.0 Å². The minimum Gasteiger partial charge on any atom is -0.508 e. The van der Waals surface area contributed by atoms with E-state index in [1.165, 1.54) is 17.0 Å². The third kappa shape index (κ3) is 3.42. The number of rotatable bonds is 3. The van der Waals surface area contributed by atoms with E-state index in [9.17, 15) is 4.79 Å². The Morgan fingerprint density at radius 3 is 2.47 bits per heavy atom. The first-order chi connectivity index (χ1) is 9.06. The lowest BCUT2D eigenvalue weighted by molar-refractivity contribution is 0.0955. The molecule has 1 heterocycles. The van der Waals surface area contributed by atoms with Crippen molar-refractivity contribution in [2.75, 3.05) is 0 Å². The van der Waals surface area contributed by atoms with Crippen LogP contribution in [0.1, 0.15) is 27.0 Å². The highest BCUT2D eigenvalue weighted by molar-refractivity contribution is 7.14. The van der Waals surface area contributed by atoms with Crippen LogP contribution < -0.4 is 5.43 Å². The van der Waals surface area contributed by atoms with Gasteiger partial charge >= 0.3 is 0 Å². The number of thiophene rings is 1. The summed E-state index contributed by atoms with van der Waals surface area (Å²) in [6.07, 6.45) is 0. The van der Waals surface area contributed by atoms with Gasteiger partial charge in [-0.15, -0.1) is 11.3 Å². The van der Waals surface area contributed by atoms with Crippen LogP contribution in [-0.2, 0) is 0 Å². The SMILES string of the molecule is CC(=NNC(=O)c1ccc(O)cc1)c1ccc(C)s1. The topological polar surface area (TPSA) is 61.7 Å². The van der Waals surface area contributed by atoms with Crippen molar-refractivity contribution in [3.8, 4) is 5.75 Å². The van der Waals surface area contributed by atoms with E-state index in [-0.39, 0.29) is 11.7 Å². The molecule has 0 fully saturated rings. The number of nitrogens with one attached hydrogen (secondary N) is 1. The summed E-state index contributed by atoms with van der Waals surface area (Å²) in [5.41, 5.74) is 3.72. The van der Waals surface area contributed by atoms with Crippen LogP contribution in [0, 0.1) is 6.92 Å². The van der Waals surface area contributed by atoms with Crippen LogP contribution in [0.4, 0.5) is 0 Å². The largest absolute Gasteiger partial charge is 0.508 e. The van der Waals surface area contributed by atoms with Crippen LogP contribution in [0.5, 0.6) is 5.75 Å². The summed E-state index contributed by atoms with van der Waals surface area (Å²) < 4.78 is 0. The molecule has 2 aromatic rings. The minimum absolute atomic E-state index is 0.130. The second-order valence-corrected chi connectivity index (χ2v) is 5.38. The number of aromatic hydroxyl groups is 1. The van der Waals surface area contributed by atoms with Crippen LogP contribution in [0.25, 0.3) is 0 Å². The standard InChI is InChI=1S/C14H14N2O2S/c1-9-3-8-13(19-9)10(2)15-16-14(18)11-4-6-12(17)7-5-11/h3-8,17H,1-2H3,(H,16,18). The highest BCUT2D eigenvalue weighted by Crippen LogP contribution is 2.15. The molecule has 0 aliphatic carbocycles. The van der Waals surface area contributed by atoms with Crippen molar-refractivity contribution in [2.24, 2.45) is 5.10 Å². The first kappa shape index (κ1) is 13.3. The van der Waals surface area contributed by atoms with Crippen LogP contribution in [0.3, 0.4) is 0 Å². The maximum Gasteiger partial charge on any atom is 0.271 e. The number of phenolic OH excluding ortho intramolecular Hbond substituents is 1. The Morgan fingerprint density at radius 2 is 1.89 bits per heavy atom. The Balaban J connectivity index is 2.05. The third-order valence-electron chi connectivity index (χ3n) is 2.55. The van der Waals surface area contributed by atoms with Crippen LogP contribution >= 0.6 is 11.3 Å². The molecule has 98 valence electrons. The van der Waals surface area contributed by atoms with Gasteiger partial charge in [0.25, 0.3) is 5.91 Å². The van der Waals surface area contributed by atoms with Gasteiger partial charge in [0.15, 0.2) is 0 Å². The average Bonchev–Trinajstić information content (AvgIpc) is 2.83. The molecular weight excluding hydrogens is 260 g/mol. The molecule has 0 aliphatic rings. The predicted molar refractivity (Wildman–Crippen MR) is 76.8 cm³/mol. The number of carbonyl (C=O) groups is 1. The van der Waals surface area contributed by atoms with Gasteiger partial charge in [-0.1, -0.05) is 0 Å². The highest BCUT2D eigenvalue weighted by Gasteiger charge is 2.05. The number of carbonyl (C=O) groups excluding carboxylic acids is 1. The fourth-order valence-corrected chi connectivity index (χ4v) is 2.31. The van der Waals surface area contributed by atoms with Gasteiger partial charge in [-0.3, -0.25) is 4.79 Å². The van der Waals surface area contributed by atoms with E-state index in [4.69, 9.17) is 5.11 Å². The van der Waals surface area contributed by atoms with E-state index in [1.54, 1.807) is 23.5 Å². The Morgan fingerprint density at radius 1 is 1.21 bits per heavy atom. The number of phenols is 1. The van der Waals surface area contributed by atoms with Gasteiger partial charge < -0.3 is 5.11 Å². The quantitative estimate of drug-likeness (QED) is 0.667. The van der Waals surface area contributed by atoms with Crippen LogP contribution in [0.15, 0.2) is 41.5 Å². The Kier molecular flexibility index (Phi) is 3.97. The van der Waals surface area contributed by atoms with Gasteiger partial charge in [0, 0.05) is 10.4 Å². The fourth-order valence-electron chi connectivity index (χ4n) is 1.50. The normalized spacial score (nSPS) is 11.4. The number of nitrogens with zero attached hydrogens (tertiary/aromatic N) is 1. The summed E-state index contributed by atoms with van der Waals surface area (Å²) in [4.78, 5) is 14.0. The Bertz CT molecular complexity index is 615. The molecule has 2 N–H and O–H groups in total. The molecule has 0 bridgehead atoms. The minimum atomic E-state index is -0.298. The predicted octanol–water partition coefficient (Wildman–Crippen LogP) is 2.92. The molecule has 0 saturated carbocycles. The van der Waals surface area contributed by atoms with E-state index < -0.39 is 0 Å². The summed E-state index contributed by atoms with van der Waals surface area (Å²) >= 11 is 1.63. The molecule has 0 spiro atoms. The zero-order chi connectivity index (χ0) is 13.8. The zero-order valence-corrected chi connectivity index (χ0v) is 11.5. The smallest absolute Gasteiger partial charge is 0.271 e. The van der Waals surface area contributed by atoms with Gasteiger partial charge in [-0.2, -0.15) is 5.10 Å². The molecular formula is C14H14N2O2S. The summed E-state index contributed by atoms with van der Waals surface area (Å²) in [7, 11) is 0. The van der Waals surface area contributed by atoms with Gasteiger partial charge in [-0.25, -0.2) is 5.43 Å².